The van der Waals surface area contributed by atoms with Gasteiger partial charge in [-0.3, -0.25) is 14.4 Å². The van der Waals surface area contributed by atoms with E-state index in [9.17, 15) is 9.59 Å². The van der Waals surface area contributed by atoms with Gasteiger partial charge < -0.3 is 4.98 Å². The molecule has 164 valence electrons. The molecule has 2 saturated heterocycles. The van der Waals surface area contributed by atoms with Crippen LogP contribution in [0, 0.1) is 12.8 Å². The summed E-state index contributed by atoms with van der Waals surface area (Å²) in [4.78, 5) is 38.2. The standard InChI is InChI=1S/C26H20BrN3O3/c1-15-21(19-9-5-6-10-20(19)28-15)23-22-24(33-30(23)18-7-3-2-4-8-18)26(32)29(25(22)31)17-13-11-16(27)12-14-17/h2-14,22-24,28H,1H3/t22-,23+,24+/m1/s1. The second-order valence-corrected chi connectivity index (χ2v) is 9.27. The Morgan fingerprint density at radius 2 is 1.55 bits per heavy atom. The lowest BCUT2D eigenvalue weighted by molar-refractivity contribution is -0.126. The summed E-state index contributed by atoms with van der Waals surface area (Å²) in [5, 5.41) is 2.76. The van der Waals surface area contributed by atoms with Crippen molar-refractivity contribution in [2.45, 2.75) is 19.1 Å². The lowest BCUT2D eigenvalue weighted by Gasteiger charge is -2.29. The third-order valence-corrected chi connectivity index (χ3v) is 6.98. The molecule has 4 aromatic rings. The Morgan fingerprint density at radius 3 is 2.30 bits per heavy atom. The van der Waals surface area contributed by atoms with Crippen LogP contribution in [0.5, 0.6) is 0 Å². The van der Waals surface area contributed by atoms with Gasteiger partial charge in [-0.1, -0.05) is 52.3 Å². The third-order valence-electron chi connectivity index (χ3n) is 6.45. The summed E-state index contributed by atoms with van der Waals surface area (Å²) in [5.41, 5.74) is 4.27. The maximum absolute atomic E-state index is 13.8. The number of halogens is 1. The van der Waals surface area contributed by atoms with Crippen molar-refractivity contribution < 1.29 is 14.4 Å². The lowest BCUT2D eigenvalue weighted by Crippen LogP contribution is -2.37. The molecule has 2 aliphatic rings. The minimum Gasteiger partial charge on any atom is -0.358 e. The molecule has 0 unspecified atom stereocenters. The third kappa shape index (κ3) is 3.03. The fourth-order valence-corrected chi connectivity index (χ4v) is 5.29. The number of para-hydroxylation sites is 2. The van der Waals surface area contributed by atoms with Crippen LogP contribution in [-0.2, 0) is 14.4 Å². The molecule has 0 aliphatic carbocycles. The molecule has 0 radical (unpaired) electrons. The first-order valence-electron chi connectivity index (χ1n) is 10.8. The van der Waals surface area contributed by atoms with E-state index in [1.54, 1.807) is 17.2 Å². The first-order valence-corrected chi connectivity index (χ1v) is 11.6. The van der Waals surface area contributed by atoms with E-state index < -0.39 is 18.1 Å². The highest BCUT2D eigenvalue weighted by molar-refractivity contribution is 9.10. The van der Waals surface area contributed by atoms with Crippen molar-refractivity contribution in [2.75, 3.05) is 9.96 Å². The van der Waals surface area contributed by atoms with Crippen LogP contribution >= 0.6 is 15.9 Å². The summed E-state index contributed by atoms with van der Waals surface area (Å²) < 4.78 is 0.879. The van der Waals surface area contributed by atoms with Crippen LogP contribution in [0.25, 0.3) is 10.9 Å². The number of fused-ring (bicyclic) bond motifs is 2. The zero-order chi connectivity index (χ0) is 22.7. The van der Waals surface area contributed by atoms with E-state index in [4.69, 9.17) is 4.84 Å². The normalized spacial score (nSPS) is 22.4. The number of hydrogen-bond acceptors (Lipinski definition) is 4. The molecular weight excluding hydrogens is 482 g/mol. The van der Waals surface area contributed by atoms with Gasteiger partial charge in [0, 0.05) is 26.6 Å². The number of nitrogens with one attached hydrogen (secondary N) is 1. The Morgan fingerprint density at radius 1 is 0.848 bits per heavy atom. The van der Waals surface area contributed by atoms with E-state index >= 15 is 0 Å². The van der Waals surface area contributed by atoms with Crippen LogP contribution in [0.1, 0.15) is 17.3 Å². The summed E-state index contributed by atoms with van der Waals surface area (Å²) in [6, 6.07) is 24.4. The van der Waals surface area contributed by atoms with E-state index in [1.807, 2.05) is 73.7 Å². The highest BCUT2D eigenvalue weighted by atomic mass is 79.9. The number of aromatic amines is 1. The molecule has 1 aromatic heterocycles. The molecule has 3 heterocycles. The van der Waals surface area contributed by atoms with Crippen LogP contribution in [0.15, 0.2) is 83.3 Å². The summed E-state index contributed by atoms with van der Waals surface area (Å²) in [7, 11) is 0. The van der Waals surface area contributed by atoms with E-state index in [-0.39, 0.29) is 11.8 Å². The minimum absolute atomic E-state index is 0.250. The zero-order valence-electron chi connectivity index (χ0n) is 17.7. The Hall–Kier alpha value is -3.42. The highest BCUT2D eigenvalue weighted by Gasteiger charge is 2.60. The number of carbonyl (C=O) groups excluding carboxylic acids is 2. The number of aryl methyl sites for hydroxylation is 1. The predicted molar refractivity (Wildman–Crippen MR) is 130 cm³/mol. The number of anilines is 2. The molecule has 2 fully saturated rings. The van der Waals surface area contributed by atoms with E-state index in [0.29, 0.717) is 5.69 Å². The van der Waals surface area contributed by atoms with Crippen LogP contribution in [0.2, 0.25) is 0 Å². The first-order chi connectivity index (χ1) is 16.0. The van der Waals surface area contributed by atoms with Crippen molar-refractivity contribution in [3.63, 3.8) is 0 Å². The fraction of sp³-hybridized carbons (Fsp3) is 0.154. The van der Waals surface area contributed by atoms with Gasteiger partial charge in [0.1, 0.15) is 5.92 Å². The Labute approximate surface area is 198 Å². The maximum atomic E-state index is 13.8. The summed E-state index contributed by atoms with van der Waals surface area (Å²) in [6.07, 6.45) is -0.889. The molecule has 0 bridgehead atoms. The van der Waals surface area contributed by atoms with Crippen molar-refractivity contribution in [1.29, 1.82) is 0 Å². The number of carbonyl (C=O) groups is 2. The maximum Gasteiger partial charge on any atom is 0.266 e. The van der Waals surface area contributed by atoms with E-state index in [2.05, 4.69) is 20.9 Å². The molecule has 3 atom stereocenters. The molecule has 6 nitrogen and oxygen atoms in total. The molecule has 7 heteroatoms. The SMILES string of the molecule is Cc1[nH]c2ccccc2c1[C@H]1[C@H]2C(=O)N(c3ccc(Br)cc3)C(=O)[C@H]2ON1c1ccccc1. The molecule has 0 spiro atoms. The molecule has 6 rings (SSSR count). The van der Waals surface area contributed by atoms with E-state index in [0.717, 1.165) is 32.3 Å². The number of amides is 2. The first kappa shape index (κ1) is 20.2. The molecule has 3 aromatic carbocycles. The Kier molecular flexibility index (Phi) is 4.64. The quantitative estimate of drug-likeness (QED) is 0.387. The second kappa shape index (κ2) is 7.57. The number of H-pyrrole nitrogens is 1. The van der Waals surface area contributed by atoms with Crippen molar-refractivity contribution in [3.8, 4) is 0 Å². The van der Waals surface area contributed by atoms with Gasteiger partial charge in [-0.25, -0.2) is 9.96 Å². The number of rotatable bonds is 3. The Balaban J connectivity index is 1.51. The monoisotopic (exact) mass is 501 g/mol. The molecular formula is C26H20BrN3O3. The van der Waals surface area contributed by atoms with Crippen LogP contribution < -0.4 is 9.96 Å². The minimum atomic E-state index is -0.889. The zero-order valence-corrected chi connectivity index (χ0v) is 19.3. The number of aromatic nitrogens is 1. The Bertz CT molecular complexity index is 1380. The van der Waals surface area contributed by atoms with Gasteiger partial charge in [0.05, 0.1) is 17.4 Å². The van der Waals surface area contributed by atoms with E-state index in [1.165, 1.54) is 4.90 Å². The number of benzene rings is 3. The topological polar surface area (TPSA) is 65.6 Å². The van der Waals surface area contributed by atoms with Gasteiger partial charge in [-0.15, -0.1) is 0 Å². The average molecular weight is 502 g/mol. The van der Waals surface area contributed by atoms with Crippen LogP contribution in [0.4, 0.5) is 11.4 Å². The molecule has 33 heavy (non-hydrogen) atoms. The van der Waals surface area contributed by atoms with Gasteiger partial charge in [-0.2, -0.15) is 0 Å². The van der Waals surface area contributed by atoms with Crippen molar-refractivity contribution >= 4 is 50.0 Å². The highest BCUT2D eigenvalue weighted by Crippen LogP contribution is 2.49. The van der Waals surface area contributed by atoms with Gasteiger partial charge >= 0.3 is 0 Å². The molecule has 1 N–H and O–H groups in total. The molecule has 0 saturated carbocycles. The smallest absolute Gasteiger partial charge is 0.266 e. The largest absolute Gasteiger partial charge is 0.358 e. The van der Waals surface area contributed by atoms with Crippen molar-refractivity contribution in [2.24, 2.45) is 5.92 Å². The predicted octanol–water partition coefficient (Wildman–Crippen LogP) is 5.29. The second-order valence-electron chi connectivity index (χ2n) is 8.36. The van der Waals surface area contributed by atoms with Gasteiger partial charge in [0.2, 0.25) is 5.91 Å². The number of hydrogen-bond donors (Lipinski definition) is 1. The summed E-state index contributed by atoms with van der Waals surface area (Å²) in [5.74, 6) is -1.26. The summed E-state index contributed by atoms with van der Waals surface area (Å²) in [6.45, 7) is 2.00. The van der Waals surface area contributed by atoms with Crippen molar-refractivity contribution in [1.82, 2.24) is 4.98 Å². The summed E-state index contributed by atoms with van der Waals surface area (Å²) >= 11 is 3.41. The fourth-order valence-electron chi connectivity index (χ4n) is 5.03. The number of imide groups is 1. The van der Waals surface area contributed by atoms with Crippen LogP contribution in [-0.4, -0.2) is 22.9 Å². The molecule has 2 aliphatic heterocycles. The molecule has 2 amide bonds. The van der Waals surface area contributed by atoms with Gasteiger partial charge in [0.15, 0.2) is 6.10 Å². The van der Waals surface area contributed by atoms with Crippen LogP contribution in [0.3, 0.4) is 0 Å². The van der Waals surface area contributed by atoms with Gasteiger partial charge in [0.25, 0.3) is 5.91 Å². The number of nitrogens with zero attached hydrogens (tertiary/aromatic N) is 2. The average Bonchev–Trinajstić information content (AvgIpc) is 3.44. The van der Waals surface area contributed by atoms with Crippen molar-refractivity contribution in [3.05, 3.63) is 94.6 Å². The van der Waals surface area contributed by atoms with Gasteiger partial charge in [-0.05, 0) is 49.4 Å². The lowest BCUT2D eigenvalue weighted by atomic mass is 9.89. The number of hydroxylamine groups is 1.